The summed E-state index contributed by atoms with van der Waals surface area (Å²) in [4.78, 5) is 11.8. The summed E-state index contributed by atoms with van der Waals surface area (Å²) in [5.74, 6) is 1.43. The van der Waals surface area contributed by atoms with Crippen LogP contribution in [0.1, 0.15) is 11.3 Å². The summed E-state index contributed by atoms with van der Waals surface area (Å²) in [7, 11) is 0. The molecule has 0 unspecified atom stereocenters. The molecule has 0 aliphatic carbocycles. The Morgan fingerprint density at radius 2 is 2.04 bits per heavy atom. The number of nitrogens with zero attached hydrogens (tertiary/aromatic N) is 3. The van der Waals surface area contributed by atoms with Crippen LogP contribution in [0.25, 0.3) is 6.08 Å². The number of nitrogens with one attached hydrogen (secondary N) is 1. The number of hydrogen-bond acceptors (Lipinski definition) is 8. The molecule has 144 valence electrons. The molecule has 1 N–H and O–H groups in total. The minimum absolute atomic E-state index is 0.211. The second-order valence-electron chi connectivity index (χ2n) is 5.19. The van der Waals surface area contributed by atoms with Crippen molar-refractivity contribution in [2.75, 3.05) is 5.75 Å². The maximum atomic E-state index is 11.8. The van der Waals surface area contributed by atoms with Crippen molar-refractivity contribution >= 4 is 64.7 Å². The van der Waals surface area contributed by atoms with Crippen LogP contribution >= 0.6 is 46.5 Å². The van der Waals surface area contributed by atoms with Gasteiger partial charge in [-0.25, -0.2) is 5.43 Å². The molecule has 6 nitrogen and oxygen atoms in total. The van der Waals surface area contributed by atoms with E-state index in [2.05, 4.69) is 20.7 Å². The molecule has 10 heteroatoms. The first-order valence-electron chi connectivity index (χ1n) is 8.05. The highest BCUT2D eigenvalue weighted by Crippen LogP contribution is 2.32. The molecule has 0 aliphatic rings. The van der Waals surface area contributed by atoms with Gasteiger partial charge in [0.2, 0.25) is 0 Å². The topological polar surface area (TPSA) is 80.4 Å². The molecule has 3 rings (SSSR count). The first-order valence-corrected chi connectivity index (χ1v) is 11.2. The van der Waals surface area contributed by atoms with Gasteiger partial charge < -0.3 is 4.42 Å². The normalized spacial score (nSPS) is 11.5. The molecule has 2 heterocycles. The number of furan rings is 1. The van der Waals surface area contributed by atoms with E-state index in [1.165, 1.54) is 29.3 Å². The van der Waals surface area contributed by atoms with Gasteiger partial charge in [-0.1, -0.05) is 64.7 Å². The number of hydrazone groups is 1. The van der Waals surface area contributed by atoms with E-state index in [0.717, 1.165) is 25.0 Å². The fourth-order valence-electron chi connectivity index (χ4n) is 1.90. The van der Waals surface area contributed by atoms with Gasteiger partial charge in [-0.05, 0) is 35.9 Å². The molecule has 0 radical (unpaired) electrons. The van der Waals surface area contributed by atoms with Gasteiger partial charge >= 0.3 is 0 Å². The fraction of sp³-hybridized carbons (Fsp3) is 0.111. The zero-order valence-corrected chi connectivity index (χ0v) is 17.7. The maximum absolute atomic E-state index is 11.8. The summed E-state index contributed by atoms with van der Waals surface area (Å²) in [6.07, 6.45) is 6.50. The molecule has 1 amide bonds. The van der Waals surface area contributed by atoms with E-state index in [1.807, 2.05) is 30.3 Å². The molecule has 0 saturated heterocycles. The van der Waals surface area contributed by atoms with Crippen molar-refractivity contribution in [2.45, 2.75) is 14.4 Å². The molecule has 3 aromatic rings. The van der Waals surface area contributed by atoms with Crippen molar-refractivity contribution in [2.24, 2.45) is 5.10 Å². The second kappa shape index (κ2) is 11.1. The van der Waals surface area contributed by atoms with Gasteiger partial charge in [0, 0.05) is 17.0 Å². The van der Waals surface area contributed by atoms with E-state index in [-0.39, 0.29) is 11.7 Å². The van der Waals surface area contributed by atoms with Crippen LogP contribution in [0.4, 0.5) is 0 Å². The summed E-state index contributed by atoms with van der Waals surface area (Å²) in [5, 5.41) is 12.8. The lowest BCUT2D eigenvalue weighted by Crippen LogP contribution is -2.19. The molecular weight excluding hydrogens is 436 g/mol. The van der Waals surface area contributed by atoms with Crippen molar-refractivity contribution in [3.8, 4) is 0 Å². The van der Waals surface area contributed by atoms with E-state index in [4.69, 9.17) is 16.0 Å². The highest BCUT2D eigenvalue weighted by molar-refractivity contribution is 8.03. The van der Waals surface area contributed by atoms with Gasteiger partial charge in [0.15, 0.2) is 8.68 Å². The zero-order chi connectivity index (χ0) is 19.6. The Morgan fingerprint density at radius 3 is 2.82 bits per heavy atom. The number of aromatic nitrogens is 2. The quantitative estimate of drug-likeness (QED) is 0.281. The van der Waals surface area contributed by atoms with Gasteiger partial charge in [0.05, 0.1) is 12.0 Å². The van der Waals surface area contributed by atoms with Crippen LogP contribution in [0.3, 0.4) is 0 Å². The van der Waals surface area contributed by atoms with E-state index < -0.39 is 0 Å². The molecule has 28 heavy (non-hydrogen) atoms. The predicted molar refractivity (Wildman–Crippen MR) is 116 cm³/mol. The number of allylic oxidation sites excluding steroid dienone is 1. The minimum Gasteiger partial charge on any atom is -0.465 e. The van der Waals surface area contributed by atoms with Crippen LogP contribution in [-0.2, 0) is 10.5 Å². The molecule has 1 aromatic carbocycles. The van der Waals surface area contributed by atoms with Crippen molar-refractivity contribution in [1.82, 2.24) is 15.6 Å². The molecule has 0 atom stereocenters. The molecule has 0 bridgehead atoms. The Balaban J connectivity index is 1.37. The molecule has 0 spiro atoms. The maximum Gasteiger partial charge on any atom is 0.250 e. The Morgan fingerprint density at radius 1 is 1.21 bits per heavy atom. The van der Waals surface area contributed by atoms with E-state index in [1.54, 1.807) is 36.2 Å². The lowest BCUT2D eigenvalue weighted by molar-refractivity contribution is -0.118. The lowest BCUT2D eigenvalue weighted by Gasteiger charge is -2.00. The summed E-state index contributed by atoms with van der Waals surface area (Å²) >= 11 is 10.5. The number of carbonyl (C=O) groups is 1. The number of carbonyl (C=O) groups excluding carboxylic acids is 1. The van der Waals surface area contributed by atoms with Crippen molar-refractivity contribution < 1.29 is 9.21 Å². The van der Waals surface area contributed by atoms with E-state index >= 15 is 0 Å². The van der Waals surface area contributed by atoms with Gasteiger partial charge in [-0.3, -0.25) is 4.79 Å². The smallest absolute Gasteiger partial charge is 0.250 e. The first kappa shape index (κ1) is 20.7. The highest BCUT2D eigenvalue weighted by atomic mass is 35.5. The van der Waals surface area contributed by atoms with E-state index in [0.29, 0.717) is 5.76 Å². The van der Waals surface area contributed by atoms with Crippen LogP contribution in [-0.4, -0.2) is 28.1 Å². The summed E-state index contributed by atoms with van der Waals surface area (Å²) in [6.45, 7) is 0. The molecule has 2 aromatic heterocycles. The van der Waals surface area contributed by atoms with Crippen molar-refractivity contribution in [3.63, 3.8) is 0 Å². The van der Waals surface area contributed by atoms with Crippen LogP contribution in [0.5, 0.6) is 0 Å². The molecular formula is C18H15ClN4O2S3. The van der Waals surface area contributed by atoms with Gasteiger partial charge in [-0.15, -0.1) is 10.2 Å². The Labute approximate surface area is 179 Å². The van der Waals surface area contributed by atoms with Gasteiger partial charge in [-0.2, -0.15) is 5.10 Å². The number of benzene rings is 1. The zero-order valence-electron chi connectivity index (χ0n) is 14.4. The van der Waals surface area contributed by atoms with Gasteiger partial charge in [0.25, 0.3) is 5.91 Å². The summed E-state index contributed by atoms with van der Waals surface area (Å²) in [6, 6.07) is 11.3. The second-order valence-corrected chi connectivity index (χ2v) is 9.02. The van der Waals surface area contributed by atoms with Crippen LogP contribution in [0.2, 0.25) is 5.02 Å². The first-order chi connectivity index (χ1) is 13.7. The number of hydrogen-bond donors (Lipinski definition) is 1. The number of amides is 1. The van der Waals surface area contributed by atoms with Crippen molar-refractivity contribution in [3.05, 3.63) is 65.1 Å². The third-order valence-corrected chi connectivity index (χ3v) is 6.78. The van der Waals surface area contributed by atoms with Gasteiger partial charge in [0.1, 0.15) is 5.76 Å². The molecule has 0 aliphatic heterocycles. The average molecular weight is 451 g/mol. The van der Waals surface area contributed by atoms with Crippen molar-refractivity contribution in [1.29, 1.82) is 0 Å². The third-order valence-electron chi connectivity index (χ3n) is 3.18. The van der Waals surface area contributed by atoms with E-state index in [9.17, 15) is 4.79 Å². The van der Waals surface area contributed by atoms with Crippen LogP contribution in [0, 0.1) is 0 Å². The lowest BCUT2D eigenvalue weighted by atomic mass is 10.2. The summed E-state index contributed by atoms with van der Waals surface area (Å²) < 4.78 is 6.71. The Kier molecular flexibility index (Phi) is 8.16. The number of halogens is 1. The molecule has 0 fully saturated rings. The summed E-state index contributed by atoms with van der Waals surface area (Å²) in [5.41, 5.74) is 3.51. The fourth-order valence-corrected chi connectivity index (χ4v) is 5.00. The standard InChI is InChI=1S/C18H15ClN4O2S3/c19-15-8-2-1-5-13(15)11-26-17-22-23-18(28-17)27-12-16(24)21-20-9-3-6-14-7-4-10-25-14/h1-10H,11-12H2,(H,21,24). The highest BCUT2D eigenvalue weighted by Gasteiger charge is 2.09. The Bertz CT molecular complexity index is 957. The SMILES string of the molecule is O=C(CSc1nnc(SCc2ccccc2Cl)s1)NN=CC=Cc1ccco1. The minimum atomic E-state index is -0.215. The number of thioether (sulfide) groups is 2. The average Bonchev–Trinajstić information content (AvgIpc) is 3.37. The monoisotopic (exact) mass is 450 g/mol. The Hall–Kier alpha value is -2.07. The number of rotatable bonds is 9. The van der Waals surface area contributed by atoms with Crippen LogP contribution < -0.4 is 5.43 Å². The largest absolute Gasteiger partial charge is 0.465 e. The third kappa shape index (κ3) is 6.83. The molecule has 0 saturated carbocycles. The van der Waals surface area contributed by atoms with Crippen LogP contribution in [0.15, 0.2) is 66.9 Å². The predicted octanol–water partition coefficient (Wildman–Crippen LogP) is 4.98.